The number of esters is 2. The normalized spacial score (nSPS) is 10.4. The highest BCUT2D eigenvalue weighted by Gasteiger charge is 2.11. The average Bonchev–Trinajstić information content (AvgIpc) is 2.72. The van der Waals surface area contributed by atoms with Crippen LogP contribution in [0.25, 0.3) is 0 Å². The fraction of sp³-hybridized carbons (Fsp3) is 0.700. The van der Waals surface area contributed by atoms with E-state index in [-0.39, 0.29) is 25.3 Å². The Balaban J connectivity index is 4.01. The van der Waals surface area contributed by atoms with Gasteiger partial charge >= 0.3 is 24.0 Å². The Bertz CT molecular complexity index is 519. The van der Waals surface area contributed by atoms with Crippen LogP contribution in [0.1, 0.15) is 40.5 Å². The highest BCUT2D eigenvalue weighted by molar-refractivity contribution is 5.91. The molecule has 0 aromatic rings. The number of nitrogens with zero attached hydrogens (tertiary/aromatic N) is 2. The Morgan fingerprint density at radius 3 is 1.37 bits per heavy atom. The van der Waals surface area contributed by atoms with Crippen LogP contribution in [0.15, 0.2) is 12.2 Å². The summed E-state index contributed by atoms with van der Waals surface area (Å²) in [6, 6.07) is -0.302. The van der Waals surface area contributed by atoms with Crippen LogP contribution in [-0.2, 0) is 19.1 Å². The summed E-state index contributed by atoms with van der Waals surface area (Å²) >= 11 is 0. The Hall–Kier alpha value is -2.78. The van der Waals surface area contributed by atoms with E-state index in [1.165, 1.54) is 0 Å². The van der Waals surface area contributed by atoms with Gasteiger partial charge in [0.15, 0.2) is 0 Å². The number of carbonyl (C=O) groups excluding carboxylic acids is 4. The van der Waals surface area contributed by atoms with E-state index in [0.717, 1.165) is 12.2 Å². The van der Waals surface area contributed by atoms with Crippen molar-refractivity contribution in [2.24, 2.45) is 0 Å². The molecule has 0 aromatic carbocycles. The highest BCUT2D eigenvalue weighted by Crippen LogP contribution is 1.96. The lowest BCUT2D eigenvalue weighted by Gasteiger charge is -2.20. The van der Waals surface area contributed by atoms with Crippen LogP contribution < -0.4 is 10.6 Å². The minimum atomic E-state index is -0.651. The van der Waals surface area contributed by atoms with Crippen molar-refractivity contribution in [1.82, 2.24) is 20.4 Å². The molecule has 0 aromatic heterocycles. The monoisotopic (exact) mass is 428 g/mol. The van der Waals surface area contributed by atoms with E-state index in [9.17, 15) is 19.2 Å². The lowest BCUT2D eigenvalue weighted by Crippen LogP contribution is -2.40. The summed E-state index contributed by atoms with van der Waals surface area (Å²) in [6.45, 7) is 10.9. The van der Waals surface area contributed by atoms with Gasteiger partial charge in [0.1, 0.15) is 0 Å². The van der Waals surface area contributed by atoms with Crippen LogP contribution in [-0.4, -0.2) is 86.3 Å². The van der Waals surface area contributed by atoms with Crippen molar-refractivity contribution < 1.29 is 28.7 Å². The van der Waals surface area contributed by atoms with Gasteiger partial charge in [0.2, 0.25) is 0 Å². The second-order valence-corrected chi connectivity index (χ2v) is 6.21. The maximum atomic E-state index is 11.7. The summed E-state index contributed by atoms with van der Waals surface area (Å²) < 4.78 is 10.0. The van der Waals surface area contributed by atoms with Crippen molar-refractivity contribution in [2.45, 2.75) is 40.5 Å². The molecule has 0 unspecified atom stereocenters. The smallest absolute Gasteiger partial charge is 0.331 e. The molecule has 0 atom stereocenters. The van der Waals surface area contributed by atoms with Crippen molar-refractivity contribution >= 4 is 24.0 Å². The van der Waals surface area contributed by atoms with Gasteiger partial charge in [-0.05, 0) is 40.5 Å². The summed E-state index contributed by atoms with van der Waals surface area (Å²) in [4.78, 5) is 50.0. The van der Waals surface area contributed by atoms with Gasteiger partial charge in [-0.15, -0.1) is 0 Å². The minimum absolute atomic E-state index is 0.140. The van der Waals surface area contributed by atoms with E-state index < -0.39 is 11.9 Å². The van der Waals surface area contributed by atoms with Gasteiger partial charge in [0.05, 0.1) is 13.2 Å². The van der Waals surface area contributed by atoms with Crippen LogP contribution >= 0.6 is 0 Å². The number of hydrogen-bond acceptors (Lipinski definition) is 6. The number of nitrogens with one attached hydrogen (secondary N) is 2. The molecule has 0 saturated carbocycles. The lowest BCUT2D eigenvalue weighted by atomic mass is 10.4. The maximum Gasteiger partial charge on any atom is 0.331 e. The van der Waals surface area contributed by atoms with E-state index in [4.69, 9.17) is 9.47 Å². The molecule has 0 aliphatic rings. The van der Waals surface area contributed by atoms with Crippen molar-refractivity contribution in [3.8, 4) is 0 Å². The number of rotatable bonds is 14. The van der Waals surface area contributed by atoms with Crippen LogP contribution in [0.2, 0.25) is 0 Å². The van der Waals surface area contributed by atoms with E-state index in [2.05, 4.69) is 10.6 Å². The van der Waals surface area contributed by atoms with E-state index in [1.807, 2.05) is 27.7 Å². The lowest BCUT2D eigenvalue weighted by molar-refractivity contribution is -0.140. The van der Waals surface area contributed by atoms with E-state index in [0.29, 0.717) is 52.1 Å². The maximum absolute atomic E-state index is 11.7. The largest absolute Gasteiger partial charge is 0.462 e. The first-order chi connectivity index (χ1) is 14.4. The molecule has 0 aliphatic carbocycles. The first-order valence-corrected chi connectivity index (χ1v) is 10.5. The van der Waals surface area contributed by atoms with Crippen molar-refractivity contribution in [2.75, 3.05) is 52.5 Å². The van der Waals surface area contributed by atoms with Gasteiger partial charge in [-0.1, -0.05) is 0 Å². The molecule has 0 radical (unpaired) electrons. The molecule has 10 nitrogen and oxygen atoms in total. The van der Waals surface area contributed by atoms with Crippen LogP contribution in [0.5, 0.6) is 0 Å². The zero-order valence-corrected chi connectivity index (χ0v) is 18.6. The third-order valence-corrected chi connectivity index (χ3v) is 3.98. The van der Waals surface area contributed by atoms with Gasteiger partial charge < -0.3 is 29.9 Å². The molecule has 0 aliphatic heterocycles. The van der Waals surface area contributed by atoms with Gasteiger partial charge in [0, 0.05) is 51.4 Å². The molecule has 0 saturated heterocycles. The zero-order chi connectivity index (χ0) is 22.8. The van der Waals surface area contributed by atoms with Crippen LogP contribution in [0.3, 0.4) is 0 Å². The quantitative estimate of drug-likeness (QED) is 0.246. The van der Waals surface area contributed by atoms with Crippen LogP contribution in [0.4, 0.5) is 9.59 Å². The number of ether oxygens (including phenoxy) is 2. The average molecular weight is 429 g/mol. The molecule has 0 rings (SSSR count). The molecular formula is C20H36N4O6. The third-order valence-electron chi connectivity index (χ3n) is 3.98. The van der Waals surface area contributed by atoms with Gasteiger partial charge in [-0.2, -0.15) is 0 Å². The molecule has 172 valence electrons. The molecule has 0 fully saturated rings. The fourth-order valence-corrected chi connectivity index (χ4v) is 2.42. The molecule has 30 heavy (non-hydrogen) atoms. The minimum Gasteiger partial charge on any atom is -0.462 e. The first kappa shape index (κ1) is 27.2. The molecular weight excluding hydrogens is 392 g/mol. The zero-order valence-electron chi connectivity index (χ0n) is 18.6. The van der Waals surface area contributed by atoms with Crippen molar-refractivity contribution in [3.63, 3.8) is 0 Å². The highest BCUT2D eigenvalue weighted by atomic mass is 16.5. The van der Waals surface area contributed by atoms with Gasteiger partial charge in [-0.25, -0.2) is 19.2 Å². The number of hydrogen-bond donors (Lipinski definition) is 2. The van der Waals surface area contributed by atoms with Crippen molar-refractivity contribution in [3.05, 3.63) is 12.2 Å². The second-order valence-electron chi connectivity index (χ2n) is 6.21. The predicted octanol–water partition coefficient (Wildman–Crippen LogP) is 1.51. The summed E-state index contributed by atoms with van der Waals surface area (Å²) in [5.41, 5.74) is 0. The van der Waals surface area contributed by atoms with E-state index >= 15 is 0 Å². The second kappa shape index (κ2) is 17.1. The van der Waals surface area contributed by atoms with Gasteiger partial charge in [0.25, 0.3) is 0 Å². The Kier molecular flexibility index (Phi) is 15.5. The Morgan fingerprint density at radius 2 is 1.07 bits per heavy atom. The molecule has 2 N–H and O–H groups in total. The van der Waals surface area contributed by atoms with E-state index in [1.54, 1.807) is 9.80 Å². The number of amides is 4. The first-order valence-electron chi connectivity index (χ1n) is 10.5. The Morgan fingerprint density at radius 1 is 0.700 bits per heavy atom. The topological polar surface area (TPSA) is 117 Å². The third kappa shape index (κ3) is 12.6. The SMILES string of the molecule is CCNC(=O)N(CC)CCCOC(=O)/C=C/C(=O)OCCCN(CC)C(=O)NCC. The molecule has 0 bridgehead atoms. The number of urea groups is 2. The summed E-state index contributed by atoms with van der Waals surface area (Å²) in [5, 5.41) is 5.43. The van der Waals surface area contributed by atoms with Crippen molar-refractivity contribution in [1.29, 1.82) is 0 Å². The van der Waals surface area contributed by atoms with Crippen LogP contribution in [0, 0.1) is 0 Å². The molecule has 0 spiro atoms. The standard InChI is InChI=1S/C20H36N4O6/c1-5-21-19(27)23(7-3)13-9-15-29-17(25)11-12-18(26)30-16-10-14-24(8-4)20(28)22-6-2/h11-12H,5-10,13-16H2,1-4H3,(H,21,27)(H,22,28)/b12-11+. The summed E-state index contributed by atoms with van der Waals surface area (Å²) in [7, 11) is 0. The molecule has 10 heteroatoms. The Labute approximate surface area is 178 Å². The fourth-order valence-electron chi connectivity index (χ4n) is 2.42. The number of carbonyl (C=O) groups is 4. The predicted molar refractivity (Wildman–Crippen MR) is 113 cm³/mol. The molecule has 4 amide bonds. The molecule has 0 heterocycles. The summed E-state index contributed by atoms with van der Waals surface area (Å²) in [5.74, 6) is -1.30. The summed E-state index contributed by atoms with van der Waals surface area (Å²) in [6.07, 6.45) is 3.01. The van der Waals surface area contributed by atoms with Gasteiger partial charge in [-0.3, -0.25) is 0 Å².